The monoisotopic (exact) mass is 386 g/mol. The molecule has 28 heavy (non-hydrogen) atoms. The Kier molecular flexibility index (Phi) is 6.07. The highest BCUT2D eigenvalue weighted by Gasteiger charge is 2.30. The average molecular weight is 386 g/mol. The predicted molar refractivity (Wildman–Crippen MR) is 104 cm³/mol. The second-order valence-electron chi connectivity index (χ2n) is 7.20. The van der Waals surface area contributed by atoms with Crippen LogP contribution in [0.25, 0.3) is 11.1 Å². The van der Waals surface area contributed by atoms with Crippen LogP contribution in [-0.2, 0) is 4.79 Å². The number of nitrogens with one attached hydrogen (secondary N) is 1. The van der Waals surface area contributed by atoms with Crippen LogP contribution in [0.1, 0.15) is 43.0 Å². The maximum absolute atomic E-state index is 13.9. The number of hydrogen-bond donors (Lipinski definition) is 1. The van der Waals surface area contributed by atoms with Crippen molar-refractivity contribution in [3.63, 3.8) is 0 Å². The summed E-state index contributed by atoms with van der Waals surface area (Å²) < 4.78 is 27.0. The van der Waals surface area contributed by atoms with E-state index in [-0.39, 0.29) is 23.9 Å². The lowest BCUT2D eigenvalue weighted by Gasteiger charge is -2.25. The Morgan fingerprint density at radius 3 is 2.46 bits per heavy atom. The summed E-state index contributed by atoms with van der Waals surface area (Å²) in [5, 5.41) is 2.99. The van der Waals surface area contributed by atoms with Crippen molar-refractivity contribution < 1.29 is 18.4 Å². The Bertz CT molecular complexity index is 867. The number of carbonyl (C=O) groups excluding carboxylic acids is 2. The van der Waals surface area contributed by atoms with E-state index in [1.165, 1.54) is 12.1 Å². The van der Waals surface area contributed by atoms with Crippen molar-refractivity contribution in [2.24, 2.45) is 0 Å². The van der Waals surface area contributed by atoms with E-state index in [2.05, 4.69) is 5.32 Å². The van der Waals surface area contributed by atoms with E-state index >= 15 is 0 Å². The van der Waals surface area contributed by atoms with E-state index in [0.717, 1.165) is 25.3 Å². The van der Waals surface area contributed by atoms with Crippen molar-refractivity contribution in [3.8, 4) is 11.1 Å². The molecule has 1 aliphatic rings. The molecule has 0 bridgehead atoms. The first-order valence-electron chi connectivity index (χ1n) is 9.51. The van der Waals surface area contributed by atoms with Gasteiger partial charge in [0.1, 0.15) is 11.6 Å². The van der Waals surface area contributed by atoms with Gasteiger partial charge in [0.15, 0.2) is 0 Å². The molecular formula is C22H24F2N2O2. The Hall–Kier alpha value is -2.76. The quantitative estimate of drug-likeness (QED) is 0.839. The van der Waals surface area contributed by atoms with Gasteiger partial charge in [-0.3, -0.25) is 9.59 Å². The second kappa shape index (κ2) is 8.50. The zero-order valence-electron chi connectivity index (χ0n) is 16.0. The molecule has 2 aromatic rings. The van der Waals surface area contributed by atoms with Crippen LogP contribution < -0.4 is 5.32 Å². The molecule has 0 heterocycles. The Morgan fingerprint density at radius 2 is 1.82 bits per heavy atom. The lowest BCUT2D eigenvalue weighted by Crippen LogP contribution is -2.38. The molecule has 1 saturated carbocycles. The molecule has 4 nitrogen and oxygen atoms in total. The van der Waals surface area contributed by atoms with Crippen molar-refractivity contribution in [2.45, 2.75) is 44.7 Å². The highest BCUT2D eigenvalue weighted by Crippen LogP contribution is 2.27. The lowest BCUT2D eigenvalue weighted by atomic mass is 10.0. The van der Waals surface area contributed by atoms with Crippen molar-refractivity contribution in [1.29, 1.82) is 0 Å². The number of rotatable bonds is 5. The van der Waals surface area contributed by atoms with E-state index in [4.69, 9.17) is 0 Å². The zero-order chi connectivity index (χ0) is 20.3. The molecule has 148 valence electrons. The summed E-state index contributed by atoms with van der Waals surface area (Å²) in [6.07, 6.45) is 2.90. The molecule has 0 unspecified atom stereocenters. The minimum atomic E-state index is -0.637. The van der Waals surface area contributed by atoms with E-state index in [1.54, 1.807) is 36.2 Å². The fraction of sp³-hybridized carbons (Fsp3) is 0.364. The third kappa shape index (κ3) is 4.38. The topological polar surface area (TPSA) is 49.4 Å². The highest BCUT2D eigenvalue weighted by atomic mass is 19.1. The fourth-order valence-corrected chi connectivity index (χ4v) is 3.66. The van der Waals surface area contributed by atoms with E-state index in [9.17, 15) is 18.4 Å². The van der Waals surface area contributed by atoms with Crippen molar-refractivity contribution in [1.82, 2.24) is 10.2 Å². The number of hydrogen-bond acceptors (Lipinski definition) is 2. The molecule has 3 rings (SSSR count). The molecule has 2 atom stereocenters. The molecule has 1 N–H and O–H groups in total. The van der Waals surface area contributed by atoms with Crippen LogP contribution in [0.3, 0.4) is 0 Å². The number of benzene rings is 2. The molecule has 0 aliphatic heterocycles. The first-order chi connectivity index (χ1) is 13.4. The van der Waals surface area contributed by atoms with Gasteiger partial charge in [0.2, 0.25) is 5.91 Å². The van der Waals surface area contributed by atoms with E-state index in [0.29, 0.717) is 23.1 Å². The van der Waals surface area contributed by atoms with E-state index in [1.807, 2.05) is 6.92 Å². The number of carbonyl (C=O) groups is 2. The minimum Gasteiger partial charge on any atom is -0.353 e. The third-order valence-corrected chi connectivity index (χ3v) is 5.33. The Morgan fingerprint density at radius 1 is 1.11 bits per heavy atom. The molecule has 0 spiro atoms. The van der Waals surface area contributed by atoms with Crippen LogP contribution in [0.5, 0.6) is 0 Å². The molecule has 2 aromatic carbocycles. The lowest BCUT2D eigenvalue weighted by molar-refractivity contribution is -0.121. The Labute approximate surface area is 163 Å². The van der Waals surface area contributed by atoms with Gasteiger partial charge in [-0.05, 0) is 49.1 Å². The van der Waals surface area contributed by atoms with Gasteiger partial charge in [0.25, 0.3) is 5.91 Å². The summed E-state index contributed by atoms with van der Waals surface area (Å²) in [5.41, 5.74) is 1.38. The Balaban J connectivity index is 1.67. The van der Waals surface area contributed by atoms with Gasteiger partial charge < -0.3 is 10.2 Å². The molecule has 0 radical (unpaired) electrons. The average Bonchev–Trinajstić information content (AvgIpc) is 3.15. The van der Waals surface area contributed by atoms with Gasteiger partial charge in [-0.1, -0.05) is 19.1 Å². The molecule has 6 heteroatoms. The molecule has 1 fully saturated rings. The molecule has 0 aromatic heterocycles. The maximum Gasteiger partial charge on any atom is 0.253 e. The second-order valence-corrected chi connectivity index (χ2v) is 7.20. The normalized spacial score (nSPS) is 18.7. The molecule has 2 amide bonds. The molecular weight excluding hydrogens is 362 g/mol. The molecule has 0 saturated heterocycles. The van der Waals surface area contributed by atoms with Gasteiger partial charge >= 0.3 is 0 Å². The zero-order valence-corrected chi connectivity index (χ0v) is 16.0. The van der Waals surface area contributed by atoms with Gasteiger partial charge in [0.05, 0.1) is 0 Å². The van der Waals surface area contributed by atoms with Crippen LogP contribution in [0, 0.1) is 11.6 Å². The number of amides is 2. The van der Waals surface area contributed by atoms with Crippen molar-refractivity contribution in [3.05, 3.63) is 59.7 Å². The first kappa shape index (κ1) is 20.0. The van der Waals surface area contributed by atoms with Gasteiger partial charge in [-0.25, -0.2) is 8.78 Å². The SMILES string of the molecule is CCC(=O)N[C@H]1CC[C@@H](N(C)C(=O)c2ccc(-c3ccc(F)cc3F)cc2)C1. The summed E-state index contributed by atoms with van der Waals surface area (Å²) in [6, 6.07) is 10.3. The number of halogens is 2. The maximum atomic E-state index is 13.9. The van der Waals surface area contributed by atoms with Crippen molar-refractivity contribution in [2.75, 3.05) is 7.05 Å². The van der Waals surface area contributed by atoms with Gasteiger partial charge in [-0.15, -0.1) is 0 Å². The third-order valence-electron chi connectivity index (χ3n) is 5.33. The van der Waals surface area contributed by atoms with Gasteiger partial charge in [0, 0.05) is 42.7 Å². The van der Waals surface area contributed by atoms with E-state index < -0.39 is 11.6 Å². The van der Waals surface area contributed by atoms with Crippen LogP contribution >= 0.6 is 0 Å². The smallest absolute Gasteiger partial charge is 0.253 e. The minimum absolute atomic E-state index is 0.0308. The van der Waals surface area contributed by atoms with Gasteiger partial charge in [-0.2, -0.15) is 0 Å². The predicted octanol–water partition coefficient (Wildman–Crippen LogP) is 4.15. The van der Waals surface area contributed by atoms with Crippen LogP contribution in [0.15, 0.2) is 42.5 Å². The van der Waals surface area contributed by atoms with Crippen LogP contribution in [0.4, 0.5) is 8.78 Å². The summed E-state index contributed by atoms with van der Waals surface area (Å²) >= 11 is 0. The highest BCUT2D eigenvalue weighted by molar-refractivity contribution is 5.94. The summed E-state index contributed by atoms with van der Waals surface area (Å²) in [4.78, 5) is 26.1. The molecule has 1 aliphatic carbocycles. The largest absolute Gasteiger partial charge is 0.353 e. The summed E-state index contributed by atoms with van der Waals surface area (Å²) in [5.74, 6) is -1.34. The van der Waals surface area contributed by atoms with Crippen LogP contribution in [0.2, 0.25) is 0 Å². The standard InChI is InChI=1S/C22H24F2N2O2/c1-3-21(27)25-17-9-10-18(13-17)26(2)22(28)15-6-4-14(5-7-15)19-11-8-16(23)12-20(19)24/h4-8,11-12,17-18H,3,9-10,13H2,1-2H3,(H,25,27)/t17-,18+/m0/s1. The summed E-state index contributed by atoms with van der Waals surface area (Å²) in [7, 11) is 1.77. The van der Waals surface area contributed by atoms with Crippen LogP contribution in [-0.4, -0.2) is 35.8 Å². The van der Waals surface area contributed by atoms with Crippen molar-refractivity contribution >= 4 is 11.8 Å². The fourth-order valence-electron chi connectivity index (χ4n) is 3.66. The summed E-state index contributed by atoms with van der Waals surface area (Å²) in [6.45, 7) is 1.82. The first-order valence-corrected chi connectivity index (χ1v) is 9.51. The number of nitrogens with zero attached hydrogens (tertiary/aromatic N) is 1.